The Kier molecular flexibility index (Phi) is 4.67. The summed E-state index contributed by atoms with van der Waals surface area (Å²) in [6, 6.07) is 17.4. The number of anilines is 1. The topological polar surface area (TPSA) is 83.6 Å². The highest BCUT2D eigenvalue weighted by atomic mass is 32.1. The van der Waals surface area contributed by atoms with Gasteiger partial charge in [0.05, 0.1) is 28.1 Å². The van der Waals surface area contributed by atoms with E-state index in [1.54, 1.807) is 6.07 Å². The standard InChI is InChI=1S/C24H18N2O4S/c1-2-14-10-11-16-18(13-14)31-24(25-16)26-20(15-7-4-3-5-8-15)19(22(28)23(26)29)21(27)17-9-6-12-30-17/h3-13,20,28H,2H2,1H3/t20-/m0/s1. The molecule has 2 aromatic carbocycles. The number of aryl methyl sites for hydroxylation is 1. The number of hydrogen-bond donors (Lipinski definition) is 1. The van der Waals surface area contributed by atoms with Crippen LogP contribution in [0.4, 0.5) is 5.13 Å². The number of aliphatic hydroxyl groups is 1. The molecule has 0 saturated carbocycles. The summed E-state index contributed by atoms with van der Waals surface area (Å²) in [5.41, 5.74) is 2.62. The number of aromatic nitrogens is 1. The maximum absolute atomic E-state index is 13.2. The van der Waals surface area contributed by atoms with Crippen LogP contribution in [0.5, 0.6) is 0 Å². The van der Waals surface area contributed by atoms with Gasteiger partial charge in [-0.3, -0.25) is 14.5 Å². The summed E-state index contributed by atoms with van der Waals surface area (Å²) in [5, 5.41) is 11.2. The zero-order chi connectivity index (χ0) is 21.5. The van der Waals surface area contributed by atoms with Crippen molar-refractivity contribution in [3.63, 3.8) is 0 Å². The summed E-state index contributed by atoms with van der Waals surface area (Å²) < 4.78 is 6.20. The number of carbonyl (C=O) groups is 2. The fraction of sp³-hybridized carbons (Fsp3) is 0.125. The predicted octanol–water partition coefficient (Wildman–Crippen LogP) is 5.23. The number of amides is 1. The molecular formula is C24H18N2O4S. The molecule has 1 atom stereocenters. The fourth-order valence-electron chi connectivity index (χ4n) is 3.81. The normalized spacial score (nSPS) is 16.5. The molecule has 0 aliphatic carbocycles. The Morgan fingerprint density at radius 3 is 2.68 bits per heavy atom. The number of benzene rings is 2. The molecule has 5 rings (SSSR count). The Morgan fingerprint density at radius 1 is 1.16 bits per heavy atom. The lowest BCUT2D eigenvalue weighted by Gasteiger charge is -2.24. The first-order chi connectivity index (χ1) is 15.1. The van der Waals surface area contributed by atoms with Gasteiger partial charge in [-0.15, -0.1) is 0 Å². The lowest BCUT2D eigenvalue weighted by Crippen LogP contribution is -2.30. The van der Waals surface area contributed by atoms with Crippen LogP contribution >= 0.6 is 11.3 Å². The van der Waals surface area contributed by atoms with E-state index >= 15 is 0 Å². The van der Waals surface area contributed by atoms with E-state index in [2.05, 4.69) is 18.0 Å². The van der Waals surface area contributed by atoms with Gasteiger partial charge < -0.3 is 9.52 Å². The van der Waals surface area contributed by atoms with E-state index in [0.29, 0.717) is 10.7 Å². The molecule has 1 aliphatic rings. The minimum atomic E-state index is -0.808. The lowest BCUT2D eigenvalue weighted by atomic mass is 9.95. The molecule has 7 heteroatoms. The molecule has 4 aromatic rings. The van der Waals surface area contributed by atoms with Crippen LogP contribution in [0.3, 0.4) is 0 Å². The Bertz CT molecular complexity index is 1320. The zero-order valence-corrected chi connectivity index (χ0v) is 17.4. The number of fused-ring (bicyclic) bond motifs is 1. The molecule has 1 aliphatic heterocycles. The first kappa shape index (κ1) is 19.3. The van der Waals surface area contributed by atoms with Gasteiger partial charge >= 0.3 is 0 Å². The fourth-order valence-corrected chi connectivity index (χ4v) is 4.86. The van der Waals surface area contributed by atoms with Gasteiger partial charge in [0.15, 0.2) is 16.7 Å². The van der Waals surface area contributed by atoms with E-state index in [1.165, 1.54) is 34.1 Å². The molecule has 1 amide bonds. The SMILES string of the molecule is CCc1ccc2nc(N3C(=O)C(O)=C(C(=O)c4ccco4)[C@@H]3c3ccccc3)sc2c1. The third-order valence-corrected chi connectivity index (χ3v) is 6.39. The lowest BCUT2D eigenvalue weighted by molar-refractivity contribution is -0.117. The number of aliphatic hydroxyl groups excluding tert-OH is 1. The zero-order valence-electron chi connectivity index (χ0n) is 16.6. The van der Waals surface area contributed by atoms with E-state index in [4.69, 9.17) is 4.42 Å². The van der Waals surface area contributed by atoms with Crippen molar-refractivity contribution in [3.8, 4) is 0 Å². The van der Waals surface area contributed by atoms with Gasteiger partial charge in [-0.2, -0.15) is 0 Å². The summed E-state index contributed by atoms with van der Waals surface area (Å²) in [7, 11) is 0. The van der Waals surface area contributed by atoms with Crippen molar-refractivity contribution in [3.05, 3.63) is 95.1 Å². The number of nitrogens with zero attached hydrogens (tertiary/aromatic N) is 2. The second kappa shape index (κ2) is 7.52. The number of Topliss-reactive ketones (excluding diaryl/α,β-unsaturated/α-hetero) is 1. The molecule has 0 spiro atoms. The number of hydrogen-bond acceptors (Lipinski definition) is 6. The molecule has 154 valence electrons. The van der Waals surface area contributed by atoms with Gasteiger partial charge in [0.2, 0.25) is 5.78 Å². The van der Waals surface area contributed by atoms with Crippen LogP contribution in [0.15, 0.2) is 82.7 Å². The van der Waals surface area contributed by atoms with Crippen molar-refractivity contribution in [2.24, 2.45) is 0 Å². The highest BCUT2D eigenvalue weighted by Crippen LogP contribution is 2.44. The molecule has 6 nitrogen and oxygen atoms in total. The monoisotopic (exact) mass is 430 g/mol. The Balaban J connectivity index is 1.66. The average molecular weight is 430 g/mol. The largest absolute Gasteiger partial charge is 0.503 e. The van der Waals surface area contributed by atoms with Gasteiger partial charge in [-0.05, 0) is 41.8 Å². The number of carbonyl (C=O) groups excluding carboxylic acids is 2. The Hall–Kier alpha value is -3.71. The van der Waals surface area contributed by atoms with E-state index in [1.807, 2.05) is 42.5 Å². The van der Waals surface area contributed by atoms with Crippen molar-refractivity contribution in [1.29, 1.82) is 0 Å². The molecule has 0 unspecified atom stereocenters. The van der Waals surface area contributed by atoms with Crippen molar-refractivity contribution in [2.45, 2.75) is 19.4 Å². The molecular weight excluding hydrogens is 412 g/mol. The second-order valence-electron chi connectivity index (χ2n) is 7.21. The summed E-state index contributed by atoms with van der Waals surface area (Å²) in [6.07, 6.45) is 2.28. The van der Waals surface area contributed by atoms with E-state index < -0.39 is 23.5 Å². The second-order valence-corrected chi connectivity index (χ2v) is 8.22. The van der Waals surface area contributed by atoms with Gasteiger partial charge in [-0.1, -0.05) is 54.7 Å². The van der Waals surface area contributed by atoms with Crippen LogP contribution in [0.25, 0.3) is 10.2 Å². The van der Waals surface area contributed by atoms with E-state index in [-0.39, 0.29) is 11.3 Å². The third-order valence-electron chi connectivity index (χ3n) is 5.37. The molecule has 31 heavy (non-hydrogen) atoms. The molecule has 0 bridgehead atoms. The first-order valence-corrected chi connectivity index (χ1v) is 10.7. The van der Waals surface area contributed by atoms with Gasteiger partial charge in [0.25, 0.3) is 5.91 Å². The van der Waals surface area contributed by atoms with Crippen molar-refractivity contribution in [1.82, 2.24) is 4.98 Å². The summed E-state index contributed by atoms with van der Waals surface area (Å²) >= 11 is 1.36. The molecule has 0 fully saturated rings. The predicted molar refractivity (Wildman–Crippen MR) is 118 cm³/mol. The molecule has 1 N–H and O–H groups in total. The molecule has 3 heterocycles. The minimum absolute atomic E-state index is 0.0142. The van der Waals surface area contributed by atoms with Crippen molar-refractivity contribution >= 4 is 38.4 Å². The number of ketones is 1. The van der Waals surface area contributed by atoms with Gasteiger partial charge in [0.1, 0.15) is 0 Å². The van der Waals surface area contributed by atoms with Crippen LogP contribution in [0.1, 0.15) is 34.6 Å². The van der Waals surface area contributed by atoms with Crippen LogP contribution in [-0.2, 0) is 11.2 Å². The molecule has 0 radical (unpaired) electrons. The maximum Gasteiger partial charge on any atom is 0.296 e. The highest BCUT2D eigenvalue weighted by Gasteiger charge is 2.46. The summed E-state index contributed by atoms with van der Waals surface area (Å²) in [5.74, 6) is -1.70. The highest BCUT2D eigenvalue weighted by molar-refractivity contribution is 7.22. The smallest absolute Gasteiger partial charge is 0.296 e. The van der Waals surface area contributed by atoms with Crippen LogP contribution in [0.2, 0.25) is 0 Å². The molecule has 2 aromatic heterocycles. The van der Waals surface area contributed by atoms with Crippen LogP contribution in [-0.4, -0.2) is 21.8 Å². The van der Waals surface area contributed by atoms with Crippen molar-refractivity contribution < 1.29 is 19.1 Å². The Morgan fingerprint density at radius 2 is 1.97 bits per heavy atom. The van der Waals surface area contributed by atoms with Crippen molar-refractivity contribution in [2.75, 3.05) is 4.90 Å². The Labute approximate surface area is 182 Å². The van der Waals surface area contributed by atoms with E-state index in [0.717, 1.165) is 16.6 Å². The number of furan rings is 1. The number of rotatable bonds is 5. The van der Waals surface area contributed by atoms with Crippen LogP contribution in [0, 0.1) is 0 Å². The van der Waals surface area contributed by atoms with Gasteiger partial charge in [-0.25, -0.2) is 4.98 Å². The van der Waals surface area contributed by atoms with Crippen LogP contribution < -0.4 is 4.90 Å². The third kappa shape index (κ3) is 3.14. The molecule has 0 saturated heterocycles. The number of thiazole rings is 1. The summed E-state index contributed by atoms with van der Waals surface area (Å²) in [4.78, 5) is 32.4. The quantitative estimate of drug-likeness (QED) is 0.438. The van der Waals surface area contributed by atoms with E-state index in [9.17, 15) is 14.7 Å². The maximum atomic E-state index is 13.2. The van der Waals surface area contributed by atoms with Gasteiger partial charge in [0, 0.05) is 0 Å². The summed E-state index contributed by atoms with van der Waals surface area (Å²) in [6.45, 7) is 2.08. The average Bonchev–Trinajstić information content (AvgIpc) is 3.52. The first-order valence-electron chi connectivity index (χ1n) is 9.87. The minimum Gasteiger partial charge on any atom is -0.503 e.